The highest BCUT2D eigenvalue weighted by Gasteiger charge is 2.25. The average Bonchev–Trinajstić information content (AvgIpc) is 3.26. The summed E-state index contributed by atoms with van der Waals surface area (Å²) in [5.41, 5.74) is 0.547. The molecule has 1 aromatic heterocycles. The van der Waals surface area contributed by atoms with Crippen molar-refractivity contribution in [2.45, 2.75) is 16.2 Å². The third kappa shape index (κ3) is 6.45. The molecule has 1 amide bonds. The molecule has 3 aromatic rings. The van der Waals surface area contributed by atoms with Gasteiger partial charge in [-0.2, -0.15) is 0 Å². The standard InChI is InChI=1S/C23H26FN3O6S3/c1-35(29,30)19-6-7-20-21(16-19)34-23(25-20)27(10-9-26-11-13-33-14-12-26)22(28)8-15-36(31,32)18-4-2-17(24)3-5-18/h2-7,16H,8-15H2,1H3. The number of hydrogen-bond donors (Lipinski definition) is 0. The van der Waals surface area contributed by atoms with E-state index < -0.39 is 37.2 Å². The van der Waals surface area contributed by atoms with Crippen LogP contribution in [-0.2, 0) is 29.2 Å². The topological polar surface area (TPSA) is 114 Å². The minimum absolute atomic E-state index is 0.0511. The summed E-state index contributed by atoms with van der Waals surface area (Å²) in [6.45, 7) is 3.47. The minimum atomic E-state index is -3.79. The van der Waals surface area contributed by atoms with Crippen molar-refractivity contribution in [2.24, 2.45) is 0 Å². The fourth-order valence-electron chi connectivity index (χ4n) is 3.75. The van der Waals surface area contributed by atoms with Crippen LogP contribution in [0.1, 0.15) is 6.42 Å². The van der Waals surface area contributed by atoms with Gasteiger partial charge in [-0.3, -0.25) is 14.6 Å². The first-order chi connectivity index (χ1) is 17.0. The van der Waals surface area contributed by atoms with Gasteiger partial charge in [0.15, 0.2) is 24.8 Å². The molecule has 2 aromatic carbocycles. The molecule has 2 heterocycles. The molecule has 0 atom stereocenters. The van der Waals surface area contributed by atoms with Gasteiger partial charge in [0.1, 0.15) is 5.82 Å². The zero-order valence-electron chi connectivity index (χ0n) is 19.6. The Morgan fingerprint density at radius 2 is 1.75 bits per heavy atom. The number of nitrogens with zero attached hydrogens (tertiary/aromatic N) is 3. The highest BCUT2D eigenvalue weighted by Crippen LogP contribution is 2.31. The smallest absolute Gasteiger partial charge is 0.229 e. The Labute approximate surface area is 213 Å². The fourth-order valence-corrected chi connectivity index (χ4v) is 6.75. The average molecular weight is 556 g/mol. The lowest BCUT2D eigenvalue weighted by molar-refractivity contribution is -0.118. The number of aromatic nitrogens is 1. The Kier molecular flexibility index (Phi) is 8.05. The van der Waals surface area contributed by atoms with Crippen LogP contribution in [-0.4, -0.2) is 84.0 Å². The number of fused-ring (bicyclic) bond motifs is 1. The monoisotopic (exact) mass is 555 g/mol. The first kappa shape index (κ1) is 26.6. The number of hydrogen-bond acceptors (Lipinski definition) is 9. The highest BCUT2D eigenvalue weighted by atomic mass is 32.2. The predicted octanol–water partition coefficient (Wildman–Crippen LogP) is 2.37. The first-order valence-corrected chi connectivity index (χ1v) is 15.6. The zero-order valence-corrected chi connectivity index (χ0v) is 22.0. The minimum Gasteiger partial charge on any atom is -0.379 e. The van der Waals surface area contributed by atoms with Crippen LogP contribution in [0.15, 0.2) is 52.3 Å². The van der Waals surface area contributed by atoms with Gasteiger partial charge >= 0.3 is 0 Å². The van der Waals surface area contributed by atoms with Gasteiger partial charge in [0, 0.05) is 38.9 Å². The number of halogens is 1. The normalized spacial score (nSPS) is 15.3. The van der Waals surface area contributed by atoms with E-state index in [0.29, 0.717) is 35.1 Å². The SMILES string of the molecule is CS(=O)(=O)c1ccc2nc(N(CCN3CCOCC3)C(=O)CCS(=O)(=O)c3ccc(F)cc3)sc2c1. The summed E-state index contributed by atoms with van der Waals surface area (Å²) in [6, 6.07) is 9.07. The first-order valence-electron chi connectivity index (χ1n) is 11.2. The molecule has 36 heavy (non-hydrogen) atoms. The second-order valence-corrected chi connectivity index (χ2v) is 13.6. The molecule has 9 nitrogen and oxygen atoms in total. The molecule has 0 aliphatic carbocycles. The number of morpholine rings is 1. The molecule has 0 radical (unpaired) electrons. The van der Waals surface area contributed by atoms with Crippen molar-refractivity contribution in [3.63, 3.8) is 0 Å². The van der Waals surface area contributed by atoms with E-state index in [1.165, 1.54) is 40.5 Å². The third-order valence-corrected chi connectivity index (χ3v) is 9.69. The Morgan fingerprint density at radius 1 is 1.08 bits per heavy atom. The van der Waals surface area contributed by atoms with Crippen LogP contribution in [0.4, 0.5) is 9.52 Å². The van der Waals surface area contributed by atoms with Gasteiger partial charge in [-0.05, 0) is 42.5 Å². The lowest BCUT2D eigenvalue weighted by atomic mass is 10.3. The molecule has 0 saturated carbocycles. The van der Waals surface area contributed by atoms with Crippen LogP contribution in [0.2, 0.25) is 0 Å². The largest absolute Gasteiger partial charge is 0.379 e. The van der Waals surface area contributed by atoms with E-state index in [1.54, 1.807) is 6.07 Å². The molecule has 0 bridgehead atoms. The van der Waals surface area contributed by atoms with Crippen LogP contribution < -0.4 is 4.90 Å². The van der Waals surface area contributed by atoms with Gasteiger partial charge < -0.3 is 4.74 Å². The van der Waals surface area contributed by atoms with E-state index in [0.717, 1.165) is 31.5 Å². The third-order valence-electron chi connectivity index (χ3n) is 5.81. The molecule has 1 aliphatic heterocycles. The molecule has 1 saturated heterocycles. The number of amides is 1. The van der Waals surface area contributed by atoms with Crippen molar-refractivity contribution in [3.8, 4) is 0 Å². The lowest BCUT2D eigenvalue weighted by Gasteiger charge is -2.29. The zero-order chi connectivity index (χ0) is 25.9. The van der Waals surface area contributed by atoms with E-state index in [4.69, 9.17) is 4.74 Å². The highest BCUT2D eigenvalue weighted by molar-refractivity contribution is 7.91. The van der Waals surface area contributed by atoms with Gasteiger partial charge in [0.05, 0.1) is 39.0 Å². The number of ether oxygens (including phenoxy) is 1. The molecule has 0 N–H and O–H groups in total. The quantitative estimate of drug-likeness (QED) is 0.370. The molecule has 4 rings (SSSR count). The number of anilines is 1. The number of rotatable bonds is 9. The molecule has 1 fully saturated rings. The maximum Gasteiger partial charge on any atom is 0.229 e. The van der Waals surface area contributed by atoms with Crippen LogP contribution >= 0.6 is 11.3 Å². The second kappa shape index (κ2) is 10.9. The maximum absolute atomic E-state index is 13.3. The molecule has 13 heteroatoms. The van der Waals surface area contributed by atoms with E-state index >= 15 is 0 Å². The lowest BCUT2D eigenvalue weighted by Crippen LogP contribution is -2.43. The maximum atomic E-state index is 13.3. The predicted molar refractivity (Wildman–Crippen MR) is 135 cm³/mol. The summed E-state index contributed by atoms with van der Waals surface area (Å²) in [5, 5.41) is 0.369. The summed E-state index contributed by atoms with van der Waals surface area (Å²) < 4.78 is 68.5. The van der Waals surface area contributed by atoms with Gasteiger partial charge in [0.25, 0.3) is 0 Å². The molecule has 0 spiro atoms. The van der Waals surface area contributed by atoms with Crippen LogP contribution in [0, 0.1) is 5.82 Å². The second-order valence-electron chi connectivity index (χ2n) is 8.42. The summed E-state index contributed by atoms with van der Waals surface area (Å²) in [5.74, 6) is -1.40. The molecular weight excluding hydrogens is 529 g/mol. The molecule has 0 unspecified atom stereocenters. The van der Waals surface area contributed by atoms with Crippen molar-refractivity contribution in [1.82, 2.24) is 9.88 Å². The summed E-state index contributed by atoms with van der Waals surface area (Å²) >= 11 is 1.18. The molecule has 1 aliphatic rings. The van der Waals surface area contributed by atoms with E-state index in [1.807, 2.05) is 0 Å². The Hall–Kier alpha value is -2.45. The van der Waals surface area contributed by atoms with Crippen molar-refractivity contribution in [2.75, 3.05) is 56.3 Å². The number of thiazole rings is 1. The van der Waals surface area contributed by atoms with Crippen molar-refractivity contribution in [1.29, 1.82) is 0 Å². The van der Waals surface area contributed by atoms with E-state index in [-0.39, 0.29) is 22.8 Å². The van der Waals surface area contributed by atoms with Crippen molar-refractivity contribution in [3.05, 3.63) is 48.3 Å². The Bertz CT molecular complexity index is 1450. The van der Waals surface area contributed by atoms with Gasteiger partial charge in [-0.15, -0.1) is 0 Å². The van der Waals surface area contributed by atoms with E-state index in [9.17, 15) is 26.0 Å². The van der Waals surface area contributed by atoms with E-state index in [2.05, 4.69) is 9.88 Å². The van der Waals surface area contributed by atoms with Crippen LogP contribution in [0.5, 0.6) is 0 Å². The van der Waals surface area contributed by atoms with Crippen molar-refractivity contribution < 1.29 is 30.8 Å². The Balaban J connectivity index is 1.56. The number of benzene rings is 2. The molecular formula is C23H26FN3O6S3. The summed E-state index contributed by atoms with van der Waals surface area (Å²) in [4.78, 5) is 21.5. The van der Waals surface area contributed by atoms with Gasteiger partial charge in [0.2, 0.25) is 5.91 Å². The van der Waals surface area contributed by atoms with Gasteiger partial charge in [-0.1, -0.05) is 11.3 Å². The number of carbonyl (C=O) groups is 1. The Morgan fingerprint density at radius 3 is 2.42 bits per heavy atom. The molecule has 194 valence electrons. The fraction of sp³-hybridized carbons (Fsp3) is 0.391. The summed E-state index contributed by atoms with van der Waals surface area (Å²) in [7, 11) is -7.21. The summed E-state index contributed by atoms with van der Waals surface area (Å²) in [6.07, 6.45) is 0.836. The van der Waals surface area contributed by atoms with Crippen LogP contribution in [0.25, 0.3) is 10.2 Å². The van der Waals surface area contributed by atoms with Crippen molar-refractivity contribution >= 4 is 52.3 Å². The van der Waals surface area contributed by atoms with Gasteiger partial charge in [-0.25, -0.2) is 26.2 Å². The number of carbonyl (C=O) groups excluding carboxylic acids is 1. The van der Waals surface area contributed by atoms with Crippen LogP contribution in [0.3, 0.4) is 0 Å². The number of sulfone groups is 2.